The van der Waals surface area contributed by atoms with Crippen molar-refractivity contribution >= 4 is 5.91 Å². The quantitative estimate of drug-likeness (QED) is 0.708. The maximum absolute atomic E-state index is 12.3. The molecule has 1 unspecified atom stereocenters. The van der Waals surface area contributed by atoms with E-state index in [0.717, 1.165) is 11.3 Å². The molecule has 0 spiro atoms. The lowest BCUT2D eigenvalue weighted by molar-refractivity contribution is 0.0932. The van der Waals surface area contributed by atoms with Crippen molar-refractivity contribution in [3.63, 3.8) is 0 Å². The Morgan fingerprint density at radius 1 is 1.08 bits per heavy atom. The minimum atomic E-state index is -0.218. The number of amides is 1. The van der Waals surface area contributed by atoms with Gasteiger partial charge in [0.25, 0.3) is 5.91 Å². The molecule has 0 aliphatic rings. The largest absolute Gasteiger partial charge is 0.497 e. The SMILES string of the molecule is COc1ccc(OCn2ccc(C(=O)NC(C)c3ccccc3)n2)cc1. The summed E-state index contributed by atoms with van der Waals surface area (Å²) in [6.07, 6.45) is 1.71. The summed E-state index contributed by atoms with van der Waals surface area (Å²) in [7, 11) is 1.62. The molecule has 0 saturated heterocycles. The van der Waals surface area contributed by atoms with E-state index in [1.165, 1.54) is 0 Å². The predicted molar refractivity (Wildman–Crippen MR) is 98.2 cm³/mol. The molecule has 1 heterocycles. The van der Waals surface area contributed by atoms with Gasteiger partial charge in [-0.2, -0.15) is 5.10 Å². The second-order valence-electron chi connectivity index (χ2n) is 5.80. The highest BCUT2D eigenvalue weighted by Gasteiger charge is 2.13. The Labute approximate surface area is 152 Å². The van der Waals surface area contributed by atoms with Crippen molar-refractivity contribution in [3.05, 3.63) is 78.1 Å². The Bertz CT molecular complexity index is 844. The lowest BCUT2D eigenvalue weighted by Crippen LogP contribution is -2.27. The summed E-state index contributed by atoms with van der Waals surface area (Å²) in [4.78, 5) is 12.3. The van der Waals surface area contributed by atoms with Gasteiger partial charge in [0.15, 0.2) is 6.73 Å². The molecule has 0 saturated carbocycles. The van der Waals surface area contributed by atoms with Crippen LogP contribution in [-0.4, -0.2) is 22.8 Å². The van der Waals surface area contributed by atoms with E-state index >= 15 is 0 Å². The van der Waals surface area contributed by atoms with Crippen LogP contribution >= 0.6 is 0 Å². The van der Waals surface area contributed by atoms with Crippen LogP contribution in [0.1, 0.15) is 29.0 Å². The molecule has 0 aliphatic carbocycles. The third-order valence-electron chi connectivity index (χ3n) is 3.94. The summed E-state index contributed by atoms with van der Waals surface area (Å²) in [5.41, 5.74) is 1.40. The summed E-state index contributed by atoms with van der Waals surface area (Å²) in [5, 5.41) is 7.20. The number of ether oxygens (including phenoxy) is 2. The Balaban J connectivity index is 1.55. The van der Waals surface area contributed by atoms with Crippen molar-refractivity contribution in [2.75, 3.05) is 7.11 Å². The van der Waals surface area contributed by atoms with Gasteiger partial charge in [0.2, 0.25) is 0 Å². The van der Waals surface area contributed by atoms with Crippen molar-refractivity contribution < 1.29 is 14.3 Å². The van der Waals surface area contributed by atoms with Crippen molar-refractivity contribution in [3.8, 4) is 11.5 Å². The Morgan fingerprint density at radius 3 is 2.46 bits per heavy atom. The van der Waals surface area contributed by atoms with Crippen LogP contribution in [0.5, 0.6) is 11.5 Å². The molecular formula is C20H21N3O3. The maximum Gasteiger partial charge on any atom is 0.272 e. The van der Waals surface area contributed by atoms with E-state index < -0.39 is 0 Å². The first kappa shape index (κ1) is 17.5. The number of aromatic nitrogens is 2. The molecule has 6 heteroatoms. The minimum absolute atomic E-state index is 0.0931. The van der Waals surface area contributed by atoms with Gasteiger partial charge >= 0.3 is 0 Å². The summed E-state index contributed by atoms with van der Waals surface area (Å²) >= 11 is 0. The number of nitrogens with one attached hydrogen (secondary N) is 1. The van der Waals surface area contributed by atoms with E-state index in [1.807, 2.05) is 61.5 Å². The number of nitrogens with zero attached hydrogens (tertiary/aromatic N) is 2. The van der Waals surface area contributed by atoms with Crippen LogP contribution in [0.4, 0.5) is 0 Å². The average molecular weight is 351 g/mol. The number of rotatable bonds is 7. The van der Waals surface area contributed by atoms with Crippen LogP contribution in [0.15, 0.2) is 66.9 Å². The predicted octanol–water partition coefficient (Wildman–Crippen LogP) is 3.42. The number of benzene rings is 2. The summed E-state index contributed by atoms with van der Waals surface area (Å²) < 4.78 is 12.3. The highest BCUT2D eigenvalue weighted by atomic mass is 16.5. The lowest BCUT2D eigenvalue weighted by Gasteiger charge is -2.13. The van der Waals surface area contributed by atoms with Crippen LogP contribution in [0.3, 0.4) is 0 Å². The summed E-state index contributed by atoms with van der Waals surface area (Å²) in [5.74, 6) is 1.25. The first-order valence-corrected chi connectivity index (χ1v) is 8.32. The van der Waals surface area contributed by atoms with Crippen LogP contribution < -0.4 is 14.8 Å². The Hall–Kier alpha value is -3.28. The molecule has 1 aromatic heterocycles. The third kappa shape index (κ3) is 4.42. The first-order chi connectivity index (χ1) is 12.7. The van der Waals surface area contributed by atoms with Crippen molar-refractivity contribution in [1.29, 1.82) is 0 Å². The van der Waals surface area contributed by atoms with Crippen molar-refractivity contribution in [2.24, 2.45) is 0 Å². The number of carbonyl (C=O) groups excluding carboxylic acids is 1. The zero-order valence-electron chi connectivity index (χ0n) is 14.8. The smallest absolute Gasteiger partial charge is 0.272 e. The monoisotopic (exact) mass is 351 g/mol. The highest BCUT2D eigenvalue weighted by Crippen LogP contribution is 2.17. The molecule has 6 nitrogen and oxygen atoms in total. The second-order valence-corrected chi connectivity index (χ2v) is 5.80. The molecule has 1 amide bonds. The van der Waals surface area contributed by atoms with E-state index in [9.17, 15) is 4.79 Å². The number of methoxy groups -OCH3 is 1. The van der Waals surface area contributed by atoms with Gasteiger partial charge in [0.05, 0.1) is 13.2 Å². The van der Waals surface area contributed by atoms with E-state index in [0.29, 0.717) is 11.4 Å². The number of hydrogen-bond acceptors (Lipinski definition) is 4. The van der Waals surface area contributed by atoms with Gasteiger partial charge in [0.1, 0.15) is 17.2 Å². The maximum atomic E-state index is 12.3. The van der Waals surface area contributed by atoms with Crippen LogP contribution in [-0.2, 0) is 6.73 Å². The molecule has 134 valence electrons. The molecule has 0 radical (unpaired) electrons. The van der Waals surface area contributed by atoms with Gasteiger partial charge < -0.3 is 14.8 Å². The van der Waals surface area contributed by atoms with Crippen molar-refractivity contribution in [2.45, 2.75) is 19.7 Å². The van der Waals surface area contributed by atoms with Crippen LogP contribution in [0, 0.1) is 0 Å². The molecule has 3 aromatic rings. The molecule has 1 atom stereocenters. The van der Waals surface area contributed by atoms with Gasteiger partial charge in [-0.05, 0) is 42.8 Å². The molecule has 0 bridgehead atoms. The fourth-order valence-corrected chi connectivity index (χ4v) is 2.46. The average Bonchev–Trinajstić information content (AvgIpc) is 3.16. The van der Waals surface area contributed by atoms with E-state index in [1.54, 1.807) is 24.1 Å². The van der Waals surface area contributed by atoms with Gasteiger partial charge in [0, 0.05) is 6.20 Å². The zero-order valence-corrected chi connectivity index (χ0v) is 14.8. The summed E-state index contributed by atoms with van der Waals surface area (Å²) in [6.45, 7) is 2.16. The fourth-order valence-electron chi connectivity index (χ4n) is 2.46. The van der Waals surface area contributed by atoms with Gasteiger partial charge in [-0.1, -0.05) is 30.3 Å². The molecule has 1 N–H and O–H groups in total. The lowest BCUT2D eigenvalue weighted by atomic mass is 10.1. The van der Waals surface area contributed by atoms with Gasteiger partial charge in [-0.25, -0.2) is 4.68 Å². The van der Waals surface area contributed by atoms with Crippen LogP contribution in [0.2, 0.25) is 0 Å². The highest BCUT2D eigenvalue weighted by molar-refractivity contribution is 5.92. The molecule has 0 fully saturated rings. The topological polar surface area (TPSA) is 65.4 Å². The Kier molecular flexibility index (Phi) is 5.53. The number of carbonyl (C=O) groups is 1. The zero-order chi connectivity index (χ0) is 18.4. The third-order valence-corrected chi connectivity index (χ3v) is 3.94. The van der Waals surface area contributed by atoms with E-state index in [-0.39, 0.29) is 18.7 Å². The summed E-state index contributed by atoms with van der Waals surface area (Å²) in [6, 6.07) is 18.7. The Morgan fingerprint density at radius 2 is 1.77 bits per heavy atom. The van der Waals surface area contributed by atoms with Crippen molar-refractivity contribution in [1.82, 2.24) is 15.1 Å². The van der Waals surface area contributed by atoms with E-state index in [4.69, 9.17) is 9.47 Å². The number of hydrogen-bond donors (Lipinski definition) is 1. The normalized spacial score (nSPS) is 11.6. The minimum Gasteiger partial charge on any atom is -0.497 e. The van der Waals surface area contributed by atoms with Crippen LogP contribution in [0.25, 0.3) is 0 Å². The molecule has 26 heavy (non-hydrogen) atoms. The molecule has 2 aromatic carbocycles. The fraction of sp³-hybridized carbons (Fsp3) is 0.200. The van der Waals surface area contributed by atoms with Gasteiger partial charge in [-0.3, -0.25) is 4.79 Å². The molecular weight excluding hydrogens is 330 g/mol. The van der Waals surface area contributed by atoms with E-state index in [2.05, 4.69) is 10.4 Å². The second kappa shape index (κ2) is 8.20. The standard InChI is InChI=1S/C20H21N3O3/c1-15(16-6-4-3-5-7-16)21-20(24)19-12-13-23(22-19)14-26-18-10-8-17(25-2)9-11-18/h3-13,15H,14H2,1-2H3,(H,21,24). The molecule has 0 aliphatic heterocycles. The molecule has 3 rings (SSSR count). The van der Waals surface area contributed by atoms with Gasteiger partial charge in [-0.15, -0.1) is 0 Å². The first-order valence-electron chi connectivity index (χ1n) is 8.32.